The van der Waals surface area contributed by atoms with Crippen molar-refractivity contribution < 1.29 is 4.74 Å². The molecule has 2 aliphatic rings. The zero-order chi connectivity index (χ0) is 19.1. The van der Waals surface area contributed by atoms with Crippen LogP contribution in [0.4, 0.5) is 5.95 Å². The molecule has 8 nitrogen and oxygen atoms in total. The van der Waals surface area contributed by atoms with Crippen molar-refractivity contribution in [3.63, 3.8) is 0 Å². The molecule has 1 saturated carbocycles. The Kier molecular flexibility index (Phi) is 4.52. The fourth-order valence-corrected chi connectivity index (χ4v) is 3.84. The van der Waals surface area contributed by atoms with Crippen LogP contribution in [0.25, 0.3) is 17.0 Å². The van der Waals surface area contributed by atoms with E-state index in [2.05, 4.69) is 25.6 Å². The third kappa shape index (κ3) is 3.27. The first-order valence-corrected chi connectivity index (χ1v) is 10.0. The summed E-state index contributed by atoms with van der Waals surface area (Å²) in [6.45, 7) is 1.97. The summed E-state index contributed by atoms with van der Waals surface area (Å²) in [5, 5.41) is 12.1. The number of fused-ring (bicyclic) bond motifs is 1. The van der Waals surface area contributed by atoms with Gasteiger partial charge in [-0.3, -0.25) is 0 Å². The van der Waals surface area contributed by atoms with Crippen LogP contribution in [0.15, 0.2) is 18.5 Å². The van der Waals surface area contributed by atoms with Gasteiger partial charge in [-0.2, -0.15) is 5.10 Å². The summed E-state index contributed by atoms with van der Waals surface area (Å²) in [4.78, 5) is 13.5. The first kappa shape index (κ1) is 17.6. The van der Waals surface area contributed by atoms with Crippen LogP contribution in [-0.4, -0.2) is 50.8 Å². The Bertz CT molecular complexity index is 1010. The molecular weight excluding hydrogens is 378 g/mol. The van der Waals surface area contributed by atoms with Crippen LogP contribution in [0, 0.1) is 0 Å². The van der Waals surface area contributed by atoms with Crippen LogP contribution in [0.2, 0.25) is 5.02 Å². The van der Waals surface area contributed by atoms with Crippen molar-refractivity contribution in [2.75, 3.05) is 25.5 Å². The predicted molar refractivity (Wildman–Crippen MR) is 107 cm³/mol. The van der Waals surface area contributed by atoms with Crippen molar-refractivity contribution >= 4 is 23.2 Å². The van der Waals surface area contributed by atoms with Gasteiger partial charge in [-0.05, 0) is 32.2 Å². The van der Waals surface area contributed by atoms with Gasteiger partial charge in [-0.25, -0.2) is 19.5 Å². The predicted octanol–water partition coefficient (Wildman–Crippen LogP) is 2.89. The zero-order valence-electron chi connectivity index (χ0n) is 15.7. The van der Waals surface area contributed by atoms with E-state index < -0.39 is 0 Å². The van der Waals surface area contributed by atoms with Gasteiger partial charge in [0.1, 0.15) is 22.8 Å². The molecule has 2 N–H and O–H groups in total. The molecule has 146 valence electrons. The molecular formula is C19H22ClN7O. The number of piperidine rings is 1. The van der Waals surface area contributed by atoms with E-state index in [0.717, 1.165) is 55.9 Å². The van der Waals surface area contributed by atoms with Crippen molar-refractivity contribution in [1.29, 1.82) is 0 Å². The molecule has 1 aliphatic carbocycles. The zero-order valence-corrected chi connectivity index (χ0v) is 16.4. The Hall–Kier alpha value is -2.45. The maximum absolute atomic E-state index is 6.45. The average molecular weight is 400 g/mol. The summed E-state index contributed by atoms with van der Waals surface area (Å²) < 4.78 is 7.32. The number of nitrogens with zero attached hydrogens (tertiary/aromatic N) is 5. The van der Waals surface area contributed by atoms with Crippen molar-refractivity contribution in [2.24, 2.45) is 0 Å². The Morgan fingerprint density at radius 2 is 2.14 bits per heavy atom. The molecule has 1 aliphatic heterocycles. The molecule has 1 atom stereocenters. The minimum atomic E-state index is 0.314. The quantitative estimate of drug-likeness (QED) is 0.681. The standard InChI is InChI=1S/C19H22ClN7O/c1-28-15-7-16-22-10-14(27(16)26-17(15)11-4-5-11)18-13(20)9-23-19(25-18)24-12-3-2-6-21-8-12/h7,9-12,21H,2-6,8H2,1H3,(H,23,24,25)/t12-/m1/s1. The normalized spacial score (nSPS) is 19.7. The van der Waals surface area contributed by atoms with Gasteiger partial charge in [0.05, 0.1) is 24.5 Å². The molecule has 0 aromatic carbocycles. The molecule has 1 saturated heterocycles. The third-order valence-corrected chi connectivity index (χ3v) is 5.56. The third-order valence-electron chi connectivity index (χ3n) is 5.29. The number of halogens is 1. The van der Waals surface area contributed by atoms with E-state index >= 15 is 0 Å². The lowest BCUT2D eigenvalue weighted by Crippen LogP contribution is -2.38. The number of hydrogen-bond acceptors (Lipinski definition) is 7. The molecule has 4 heterocycles. The van der Waals surface area contributed by atoms with Crippen molar-refractivity contribution in [1.82, 2.24) is 29.9 Å². The lowest BCUT2D eigenvalue weighted by molar-refractivity contribution is 0.405. The van der Waals surface area contributed by atoms with Crippen molar-refractivity contribution in [3.8, 4) is 17.1 Å². The maximum atomic E-state index is 6.45. The van der Waals surface area contributed by atoms with E-state index in [1.165, 1.54) is 0 Å². The first-order valence-electron chi connectivity index (χ1n) is 9.66. The fourth-order valence-electron chi connectivity index (χ4n) is 3.65. The number of hydrogen-bond donors (Lipinski definition) is 2. The summed E-state index contributed by atoms with van der Waals surface area (Å²) in [5.74, 6) is 1.80. The van der Waals surface area contributed by atoms with Gasteiger partial charge >= 0.3 is 0 Å². The van der Waals surface area contributed by atoms with Crippen molar-refractivity contribution in [2.45, 2.75) is 37.6 Å². The Morgan fingerprint density at radius 1 is 1.25 bits per heavy atom. The Balaban J connectivity index is 1.53. The second-order valence-corrected chi connectivity index (χ2v) is 7.77. The summed E-state index contributed by atoms with van der Waals surface area (Å²) in [5.41, 5.74) is 3.04. The van der Waals surface area contributed by atoms with E-state index in [1.54, 1.807) is 24.0 Å². The molecule has 3 aromatic heterocycles. The van der Waals surface area contributed by atoms with Crippen LogP contribution >= 0.6 is 11.6 Å². The highest BCUT2D eigenvalue weighted by atomic mass is 35.5. The summed E-state index contributed by atoms with van der Waals surface area (Å²) >= 11 is 6.45. The molecule has 0 spiro atoms. The number of anilines is 1. The summed E-state index contributed by atoms with van der Waals surface area (Å²) in [6.07, 6.45) is 7.89. The molecule has 2 fully saturated rings. The summed E-state index contributed by atoms with van der Waals surface area (Å²) in [6, 6.07) is 2.24. The number of methoxy groups -OCH3 is 1. The Morgan fingerprint density at radius 3 is 2.89 bits per heavy atom. The van der Waals surface area contributed by atoms with Crippen LogP contribution < -0.4 is 15.4 Å². The van der Waals surface area contributed by atoms with Crippen molar-refractivity contribution in [3.05, 3.63) is 29.2 Å². The topological polar surface area (TPSA) is 89.3 Å². The number of imidazole rings is 1. The van der Waals surface area contributed by atoms with Crippen LogP contribution in [0.5, 0.6) is 5.75 Å². The second-order valence-electron chi connectivity index (χ2n) is 7.36. The van der Waals surface area contributed by atoms with Gasteiger partial charge in [0.15, 0.2) is 5.65 Å². The van der Waals surface area contributed by atoms with Crippen LogP contribution in [0.1, 0.15) is 37.3 Å². The Labute approximate surface area is 167 Å². The van der Waals surface area contributed by atoms with Crippen LogP contribution in [0.3, 0.4) is 0 Å². The lowest BCUT2D eigenvalue weighted by atomic mass is 10.1. The van der Waals surface area contributed by atoms with E-state index in [9.17, 15) is 0 Å². The second kappa shape index (κ2) is 7.18. The van der Waals surface area contributed by atoms with Crippen LogP contribution in [-0.2, 0) is 0 Å². The molecule has 0 amide bonds. The highest BCUT2D eigenvalue weighted by Gasteiger charge is 2.30. The summed E-state index contributed by atoms with van der Waals surface area (Å²) in [7, 11) is 1.67. The number of ether oxygens (including phenoxy) is 1. The van der Waals surface area contributed by atoms with E-state index in [-0.39, 0.29) is 0 Å². The largest absolute Gasteiger partial charge is 0.495 e. The minimum Gasteiger partial charge on any atom is -0.495 e. The molecule has 5 rings (SSSR count). The highest BCUT2D eigenvalue weighted by molar-refractivity contribution is 6.32. The fraction of sp³-hybridized carbons (Fsp3) is 0.474. The molecule has 0 radical (unpaired) electrons. The van der Waals surface area contributed by atoms with Gasteiger partial charge in [0, 0.05) is 24.6 Å². The highest BCUT2D eigenvalue weighted by Crippen LogP contribution is 2.43. The number of aromatic nitrogens is 5. The van der Waals surface area contributed by atoms with Gasteiger partial charge in [-0.1, -0.05) is 11.6 Å². The maximum Gasteiger partial charge on any atom is 0.223 e. The van der Waals surface area contributed by atoms with E-state index in [0.29, 0.717) is 34.3 Å². The average Bonchev–Trinajstić information content (AvgIpc) is 3.49. The SMILES string of the molecule is COc1cc2ncc(-c3nc(N[C@@H]4CCCNC4)ncc3Cl)n2nc1C1CC1. The van der Waals surface area contributed by atoms with Gasteiger partial charge in [0.2, 0.25) is 5.95 Å². The van der Waals surface area contributed by atoms with Gasteiger partial charge in [0.25, 0.3) is 0 Å². The van der Waals surface area contributed by atoms with Gasteiger partial charge < -0.3 is 15.4 Å². The molecule has 9 heteroatoms. The first-order chi connectivity index (χ1) is 13.7. The smallest absolute Gasteiger partial charge is 0.223 e. The molecule has 0 unspecified atom stereocenters. The lowest BCUT2D eigenvalue weighted by Gasteiger charge is -2.23. The molecule has 3 aromatic rings. The number of rotatable bonds is 5. The van der Waals surface area contributed by atoms with E-state index in [1.807, 2.05) is 6.07 Å². The molecule has 28 heavy (non-hydrogen) atoms. The monoisotopic (exact) mass is 399 g/mol. The van der Waals surface area contributed by atoms with E-state index in [4.69, 9.17) is 21.4 Å². The molecule has 0 bridgehead atoms. The minimum absolute atomic E-state index is 0.314. The van der Waals surface area contributed by atoms with Gasteiger partial charge in [-0.15, -0.1) is 0 Å². The number of nitrogens with one attached hydrogen (secondary N) is 2.